The van der Waals surface area contributed by atoms with Crippen molar-refractivity contribution in [1.29, 1.82) is 0 Å². The molecule has 0 atom stereocenters. The van der Waals surface area contributed by atoms with E-state index < -0.39 is 0 Å². The van der Waals surface area contributed by atoms with Crippen LogP contribution in [0.1, 0.15) is 51.8 Å². The number of likely N-dealkylation sites (tertiary alicyclic amines) is 1. The number of fused-ring (bicyclic) bond motifs is 1. The van der Waals surface area contributed by atoms with Gasteiger partial charge in [-0.25, -0.2) is 4.98 Å². The number of nitrogens with one attached hydrogen (secondary N) is 2. The molecule has 3 rings (SSSR count). The van der Waals surface area contributed by atoms with Gasteiger partial charge in [0.05, 0.1) is 17.0 Å². The molecular formula is C23H35N5O4. The Bertz CT molecular complexity index is 911. The lowest BCUT2D eigenvalue weighted by atomic mass is 10.1. The van der Waals surface area contributed by atoms with Gasteiger partial charge in [-0.05, 0) is 52.7 Å². The molecule has 9 heteroatoms. The molecule has 1 aliphatic heterocycles. The Morgan fingerprint density at radius 2 is 1.94 bits per heavy atom. The number of pyridine rings is 1. The number of aromatic nitrogens is 2. The van der Waals surface area contributed by atoms with Crippen molar-refractivity contribution in [2.24, 2.45) is 0 Å². The van der Waals surface area contributed by atoms with Crippen LogP contribution in [0.5, 0.6) is 0 Å². The van der Waals surface area contributed by atoms with Gasteiger partial charge in [-0.1, -0.05) is 0 Å². The Kier molecular flexibility index (Phi) is 9.19. The van der Waals surface area contributed by atoms with E-state index in [0.717, 1.165) is 49.1 Å². The van der Waals surface area contributed by atoms with Gasteiger partial charge in [0, 0.05) is 50.8 Å². The van der Waals surface area contributed by atoms with Gasteiger partial charge in [-0.15, -0.1) is 0 Å². The Balaban J connectivity index is 0.000000534. The summed E-state index contributed by atoms with van der Waals surface area (Å²) in [5.74, 6) is -0.163. The molecule has 0 bridgehead atoms. The van der Waals surface area contributed by atoms with Gasteiger partial charge in [0.1, 0.15) is 5.65 Å². The average Bonchev–Trinajstić information content (AvgIpc) is 3.16. The van der Waals surface area contributed by atoms with Gasteiger partial charge in [0.15, 0.2) is 0 Å². The smallest absolute Gasteiger partial charge is 0.226 e. The highest BCUT2D eigenvalue weighted by Crippen LogP contribution is 2.28. The number of anilines is 1. The Hall–Kier alpha value is -2.94. The summed E-state index contributed by atoms with van der Waals surface area (Å²) in [6, 6.07) is 4.25. The number of nitrogens with zero attached hydrogens (tertiary/aromatic N) is 3. The van der Waals surface area contributed by atoms with Crippen LogP contribution in [0.3, 0.4) is 0 Å². The molecule has 0 aromatic carbocycles. The van der Waals surface area contributed by atoms with E-state index in [-0.39, 0.29) is 17.9 Å². The molecule has 0 saturated carbocycles. The maximum absolute atomic E-state index is 12.0. The van der Waals surface area contributed by atoms with Crippen molar-refractivity contribution >= 4 is 35.4 Å². The number of amides is 3. The van der Waals surface area contributed by atoms with Crippen molar-refractivity contribution in [3.63, 3.8) is 0 Å². The van der Waals surface area contributed by atoms with E-state index in [9.17, 15) is 14.4 Å². The Labute approximate surface area is 189 Å². The van der Waals surface area contributed by atoms with E-state index in [1.54, 1.807) is 12.0 Å². The number of carbonyl (C=O) groups is 3. The lowest BCUT2D eigenvalue weighted by molar-refractivity contribution is -0.119. The summed E-state index contributed by atoms with van der Waals surface area (Å²) in [7, 11) is 1.71. The molecule has 2 N–H and O–H groups in total. The zero-order valence-electron chi connectivity index (χ0n) is 19.7. The molecule has 9 nitrogen and oxygen atoms in total. The maximum atomic E-state index is 12.0. The quantitative estimate of drug-likeness (QED) is 0.503. The molecule has 2 aromatic heterocycles. The molecule has 2 aromatic rings. The number of hydrogen-bond donors (Lipinski definition) is 2. The zero-order valence-corrected chi connectivity index (χ0v) is 19.7. The summed E-state index contributed by atoms with van der Waals surface area (Å²) < 4.78 is 7.11. The molecule has 3 heterocycles. The lowest BCUT2D eigenvalue weighted by Gasteiger charge is -2.30. The minimum Gasteiger partial charge on any atom is -0.379 e. The van der Waals surface area contributed by atoms with Crippen LogP contribution in [0.15, 0.2) is 18.3 Å². The molecule has 1 aliphatic rings. The van der Waals surface area contributed by atoms with Crippen molar-refractivity contribution in [2.45, 2.75) is 58.6 Å². The molecule has 1 saturated heterocycles. The average molecular weight is 446 g/mol. The predicted molar refractivity (Wildman–Crippen MR) is 124 cm³/mol. The molecule has 3 amide bonds. The van der Waals surface area contributed by atoms with Crippen LogP contribution in [0.25, 0.3) is 11.0 Å². The van der Waals surface area contributed by atoms with Gasteiger partial charge in [0.2, 0.25) is 18.7 Å². The van der Waals surface area contributed by atoms with E-state index in [2.05, 4.69) is 15.2 Å². The van der Waals surface area contributed by atoms with Crippen molar-refractivity contribution < 1.29 is 19.1 Å². The highest BCUT2D eigenvalue weighted by Gasteiger charge is 2.21. The summed E-state index contributed by atoms with van der Waals surface area (Å²) in [5, 5.41) is 6.29. The number of rotatable bonds is 7. The second kappa shape index (κ2) is 11.6. The van der Waals surface area contributed by atoms with Gasteiger partial charge >= 0.3 is 0 Å². The summed E-state index contributed by atoms with van der Waals surface area (Å²) in [6.07, 6.45) is 5.54. The highest BCUT2D eigenvalue weighted by molar-refractivity contribution is 5.94. The SMILES string of the molecule is COC(C)(C)C.Cc1nc2c(ccn2C2CCN(C=O)CC2)cc1NC(=O)CCNC=O. The first-order valence-electron chi connectivity index (χ1n) is 10.9. The Morgan fingerprint density at radius 3 is 2.50 bits per heavy atom. The van der Waals surface area contributed by atoms with Gasteiger partial charge in [-0.2, -0.15) is 0 Å². The first kappa shape index (κ1) is 25.3. The second-order valence-corrected chi connectivity index (χ2v) is 8.82. The molecule has 0 spiro atoms. The van der Waals surface area contributed by atoms with Crippen molar-refractivity contribution in [3.8, 4) is 0 Å². The predicted octanol–water partition coefficient (Wildman–Crippen LogP) is 2.64. The van der Waals surface area contributed by atoms with Gasteiger partial charge < -0.3 is 24.8 Å². The highest BCUT2D eigenvalue weighted by atomic mass is 16.5. The number of hydrogen-bond acceptors (Lipinski definition) is 5. The Morgan fingerprint density at radius 1 is 1.28 bits per heavy atom. The minimum atomic E-state index is -0.163. The molecule has 1 fully saturated rings. The van der Waals surface area contributed by atoms with Crippen LogP contribution in [-0.4, -0.2) is 65.5 Å². The fourth-order valence-electron chi connectivity index (χ4n) is 3.32. The van der Waals surface area contributed by atoms with Crippen LogP contribution >= 0.6 is 0 Å². The molecule has 0 unspecified atom stereocenters. The summed E-state index contributed by atoms with van der Waals surface area (Å²) >= 11 is 0. The third-order valence-corrected chi connectivity index (χ3v) is 5.39. The van der Waals surface area contributed by atoms with Crippen LogP contribution in [0.2, 0.25) is 0 Å². The number of methoxy groups -OCH3 is 1. The molecule has 0 radical (unpaired) electrons. The number of ether oxygens (including phenoxy) is 1. The maximum Gasteiger partial charge on any atom is 0.226 e. The van der Waals surface area contributed by atoms with Crippen molar-refractivity contribution in [3.05, 3.63) is 24.0 Å². The van der Waals surface area contributed by atoms with E-state index in [4.69, 9.17) is 9.72 Å². The molecular weight excluding hydrogens is 410 g/mol. The molecule has 32 heavy (non-hydrogen) atoms. The zero-order chi connectivity index (χ0) is 23.7. The summed E-state index contributed by atoms with van der Waals surface area (Å²) in [5.41, 5.74) is 2.37. The van der Waals surface area contributed by atoms with Crippen molar-refractivity contribution in [1.82, 2.24) is 19.8 Å². The molecule has 176 valence electrons. The third-order valence-electron chi connectivity index (χ3n) is 5.39. The number of aryl methyl sites for hydroxylation is 1. The summed E-state index contributed by atoms with van der Waals surface area (Å²) in [6.45, 7) is 9.75. The fraction of sp³-hybridized carbons (Fsp3) is 0.565. The first-order valence-corrected chi connectivity index (χ1v) is 10.9. The largest absolute Gasteiger partial charge is 0.379 e. The first-order chi connectivity index (χ1) is 15.2. The number of carbonyl (C=O) groups excluding carboxylic acids is 3. The lowest BCUT2D eigenvalue weighted by Crippen LogP contribution is -2.33. The minimum absolute atomic E-state index is 0.0417. The van der Waals surface area contributed by atoms with E-state index >= 15 is 0 Å². The van der Waals surface area contributed by atoms with E-state index in [1.807, 2.05) is 46.0 Å². The normalized spacial score (nSPS) is 14.5. The fourth-order valence-corrected chi connectivity index (χ4v) is 3.32. The van der Waals surface area contributed by atoms with Crippen molar-refractivity contribution in [2.75, 3.05) is 32.1 Å². The third kappa shape index (κ3) is 7.33. The van der Waals surface area contributed by atoms with Gasteiger partial charge in [0.25, 0.3) is 0 Å². The standard InChI is InChI=1S/C18H23N5O3.C5H12O/c1-13-16(21-17(26)2-6-19-11-24)10-14-3-9-23(18(14)20-13)15-4-7-22(12-25)8-5-15;1-5(2,3)6-4/h3,9-12,15H,2,4-8H2,1H3,(H,19,24)(H,21,26);1-4H3. The number of piperidine rings is 1. The molecule has 0 aliphatic carbocycles. The topological polar surface area (TPSA) is 106 Å². The summed E-state index contributed by atoms with van der Waals surface area (Å²) in [4.78, 5) is 39.6. The van der Waals surface area contributed by atoms with E-state index in [1.165, 1.54) is 0 Å². The van der Waals surface area contributed by atoms with Crippen LogP contribution in [-0.2, 0) is 19.1 Å². The van der Waals surface area contributed by atoms with Crippen LogP contribution in [0, 0.1) is 6.92 Å². The monoisotopic (exact) mass is 445 g/mol. The second-order valence-electron chi connectivity index (χ2n) is 8.82. The van der Waals surface area contributed by atoms with Crippen LogP contribution in [0.4, 0.5) is 5.69 Å². The van der Waals surface area contributed by atoms with Gasteiger partial charge in [-0.3, -0.25) is 14.4 Å². The van der Waals surface area contributed by atoms with Crippen LogP contribution < -0.4 is 10.6 Å². The van der Waals surface area contributed by atoms with E-state index in [0.29, 0.717) is 24.7 Å².